The monoisotopic (exact) mass is 259 g/mol. The third kappa shape index (κ3) is 2.54. The van der Waals surface area contributed by atoms with E-state index in [9.17, 15) is 0 Å². The van der Waals surface area contributed by atoms with E-state index >= 15 is 0 Å². The van der Waals surface area contributed by atoms with Crippen molar-refractivity contribution in [2.75, 3.05) is 11.9 Å². The first-order chi connectivity index (χ1) is 9.36. The second-order valence-electron chi connectivity index (χ2n) is 4.61. The van der Waals surface area contributed by atoms with Crippen LogP contribution in [0.5, 0.6) is 5.75 Å². The summed E-state index contributed by atoms with van der Waals surface area (Å²) in [5.41, 5.74) is 2.39. The molecule has 0 saturated heterocycles. The first-order valence-electron chi connectivity index (χ1n) is 6.67. The molecule has 100 valence electrons. The van der Waals surface area contributed by atoms with E-state index in [0.29, 0.717) is 12.5 Å². The highest BCUT2D eigenvalue weighted by Crippen LogP contribution is 2.32. The minimum absolute atomic E-state index is 0.314. The average Bonchev–Trinajstić information content (AvgIpc) is 3.05. The van der Waals surface area contributed by atoms with E-state index in [1.165, 1.54) is 5.56 Å². The van der Waals surface area contributed by atoms with E-state index < -0.39 is 0 Å². The Labute approximate surface area is 112 Å². The second kappa shape index (κ2) is 5.30. The summed E-state index contributed by atoms with van der Waals surface area (Å²) >= 11 is 0. The van der Waals surface area contributed by atoms with Crippen LogP contribution in [0.3, 0.4) is 0 Å². The first kappa shape index (κ1) is 12.0. The van der Waals surface area contributed by atoms with Gasteiger partial charge in [0.25, 0.3) is 5.89 Å². The molecule has 0 atom stereocenters. The van der Waals surface area contributed by atoms with Gasteiger partial charge in [0, 0.05) is 13.0 Å². The zero-order valence-electron chi connectivity index (χ0n) is 11.0. The molecular formula is C14H17N3O2. The van der Waals surface area contributed by atoms with Gasteiger partial charge >= 0.3 is 0 Å². The summed E-state index contributed by atoms with van der Waals surface area (Å²) in [6.07, 6.45) is 2.90. The van der Waals surface area contributed by atoms with Crippen LogP contribution in [0.1, 0.15) is 30.6 Å². The molecule has 2 heterocycles. The van der Waals surface area contributed by atoms with E-state index in [1.807, 2.05) is 12.1 Å². The van der Waals surface area contributed by atoms with Crippen molar-refractivity contribution in [2.45, 2.75) is 32.8 Å². The van der Waals surface area contributed by atoms with Crippen LogP contribution in [0.2, 0.25) is 0 Å². The molecule has 0 fully saturated rings. The second-order valence-corrected chi connectivity index (χ2v) is 4.61. The zero-order valence-corrected chi connectivity index (χ0v) is 11.0. The number of aryl methyl sites for hydroxylation is 1. The van der Waals surface area contributed by atoms with Gasteiger partial charge in [-0.1, -0.05) is 24.2 Å². The van der Waals surface area contributed by atoms with Gasteiger partial charge in [0.15, 0.2) is 12.4 Å². The fourth-order valence-electron chi connectivity index (χ4n) is 2.24. The van der Waals surface area contributed by atoms with E-state index in [1.54, 1.807) is 0 Å². The van der Waals surface area contributed by atoms with Gasteiger partial charge in [-0.05, 0) is 24.5 Å². The topological polar surface area (TPSA) is 60.2 Å². The van der Waals surface area contributed by atoms with Gasteiger partial charge in [0.2, 0.25) is 0 Å². The van der Waals surface area contributed by atoms with Gasteiger partial charge < -0.3 is 14.6 Å². The highest BCUT2D eigenvalue weighted by molar-refractivity contribution is 5.65. The predicted octanol–water partition coefficient (Wildman–Crippen LogP) is 2.57. The molecule has 0 unspecified atom stereocenters. The molecular weight excluding hydrogens is 242 g/mol. The summed E-state index contributed by atoms with van der Waals surface area (Å²) in [6.45, 7) is 3.37. The smallest absolute Gasteiger partial charge is 0.264 e. The van der Waals surface area contributed by atoms with Crippen LogP contribution in [0, 0.1) is 0 Å². The number of nitrogens with one attached hydrogen (secondary N) is 1. The zero-order chi connectivity index (χ0) is 13.1. The van der Waals surface area contributed by atoms with Gasteiger partial charge in [-0.25, -0.2) is 0 Å². The number of anilines is 1. The summed E-state index contributed by atoms with van der Waals surface area (Å²) in [6, 6.07) is 6.09. The molecule has 1 N–H and O–H groups in total. The third-order valence-electron chi connectivity index (χ3n) is 3.14. The number of fused-ring (bicyclic) bond motifs is 1. The molecule has 0 radical (unpaired) electrons. The largest absolute Gasteiger partial charge is 0.482 e. The Hall–Kier alpha value is -2.04. The van der Waals surface area contributed by atoms with Gasteiger partial charge in [-0.2, -0.15) is 4.98 Å². The van der Waals surface area contributed by atoms with Crippen LogP contribution in [0.4, 0.5) is 5.69 Å². The molecule has 5 nitrogen and oxygen atoms in total. The number of nitrogens with zero attached hydrogens (tertiary/aromatic N) is 2. The van der Waals surface area contributed by atoms with Crippen molar-refractivity contribution in [3.05, 3.63) is 35.5 Å². The summed E-state index contributed by atoms with van der Waals surface area (Å²) in [5.74, 6) is 2.13. The minimum atomic E-state index is 0.314. The van der Waals surface area contributed by atoms with Crippen molar-refractivity contribution in [1.29, 1.82) is 0 Å². The molecule has 1 aliphatic rings. The standard InChI is InChI=1S/C14H17N3O2/c1-2-4-12-16-13(19-17-12)9-18-11-6-3-5-10-7-8-15-14(10)11/h3,5-6,15H,2,4,7-9H2,1H3. The normalized spacial score (nSPS) is 13.1. The maximum atomic E-state index is 5.77. The number of para-hydroxylation sites is 1. The molecule has 5 heteroatoms. The van der Waals surface area contributed by atoms with Crippen molar-refractivity contribution < 1.29 is 9.26 Å². The van der Waals surface area contributed by atoms with Crippen LogP contribution in [0.25, 0.3) is 0 Å². The number of aromatic nitrogens is 2. The summed E-state index contributed by atoms with van der Waals surface area (Å²) < 4.78 is 10.9. The van der Waals surface area contributed by atoms with E-state index in [4.69, 9.17) is 9.26 Å². The SMILES string of the molecule is CCCc1noc(COc2cccc3c2NCC3)n1. The lowest BCUT2D eigenvalue weighted by atomic mass is 10.1. The van der Waals surface area contributed by atoms with Crippen molar-refractivity contribution in [3.8, 4) is 5.75 Å². The number of benzene rings is 1. The Morgan fingerprint density at radius 1 is 1.42 bits per heavy atom. The lowest BCUT2D eigenvalue weighted by Crippen LogP contribution is -1.99. The molecule has 0 amide bonds. The highest BCUT2D eigenvalue weighted by atomic mass is 16.5. The fraction of sp³-hybridized carbons (Fsp3) is 0.429. The quantitative estimate of drug-likeness (QED) is 0.894. The summed E-state index contributed by atoms with van der Waals surface area (Å²) in [7, 11) is 0. The summed E-state index contributed by atoms with van der Waals surface area (Å²) in [4.78, 5) is 4.29. The molecule has 3 rings (SSSR count). The number of rotatable bonds is 5. The maximum absolute atomic E-state index is 5.77. The van der Waals surface area contributed by atoms with E-state index in [-0.39, 0.29) is 0 Å². The van der Waals surface area contributed by atoms with Crippen molar-refractivity contribution in [3.63, 3.8) is 0 Å². The van der Waals surface area contributed by atoms with Crippen LogP contribution in [-0.4, -0.2) is 16.7 Å². The average molecular weight is 259 g/mol. The van der Waals surface area contributed by atoms with Gasteiger partial charge in [-0.3, -0.25) is 0 Å². The lowest BCUT2D eigenvalue weighted by molar-refractivity contribution is 0.243. The van der Waals surface area contributed by atoms with Gasteiger partial charge in [0.05, 0.1) is 5.69 Å². The molecule has 1 aliphatic heterocycles. The molecule has 0 saturated carbocycles. The molecule has 1 aromatic carbocycles. The van der Waals surface area contributed by atoms with Crippen molar-refractivity contribution in [2.24, 2.45) is 0 Å². The third-order valence-corrected chi connectivity index (χ3v) is 3.14. The van der Waals surface area contributed by atoms with E-state index in [0.717, 1.165) is 43.1 Å². The molecule has 1 aromatic heterocycles. The lowest BCUT2D eigenvalue weighted by Gasteiger charge is -2.08. The van der Waals surface area contributed by atoms with Crippen molar-refractivity contribution >= 4 is 5.69 Å². The maximum Gasteiger partial charge on any atom is 0.264 e. The van der Waals surface area contributed by atoms with Crippen LogP contribution < -0.4 is 10.1 Å². The Balaban J connectivity index is 1.67. The van der Waals surface area contributed by atoms with Crippen molar-refractivity contribution in [1.82, 2.24) is 10.1 Å². The summed E-state index contributed by atoms with van der Waals surface area (Å²) in [5, 5.41) is 7.25. The van der Waals surface area contributed by atoms with Gasteiger partial charge in [0.1, 0.15) is 5.75 Å². The Bertz CT molecular complexity index is 566. The van der Waals surface area contributed by atoms with Crippen LogP contribution in [0.15, 0.2) is 22.7 Å². The molecule has 0 aliphatic carbocycles. The Kier molecular flexibility index (Phi) is 3.35. The molecule has 19 heavy (non-hydrogen) atoms. The van der Waals surface area contributed by atoms with Crippen LogP contribution >= 0.6 is 0 Å². The molecule has 0 bridgehead atoms. The Morgan fingerprint density at radius 3 is 3.26 bits per heavy atom. The predicted molar refractivity (Wildman–Crippen MR) is 71.3 cm³/mol. The minimum Gasteiger partial charge on any atom is -0.482 e. The Morgan fingerprint density at radius 2 is 2.37 bits per heavy atom. The first-order valence-corrected chi connectivity index (χ1v) is 6.67. The van der Waals surface area contributed by atoms with Crippen LogP contribution in [-0.2, 0) is 19.4 Å². The van der Waals surface area contributed by atoms with E-state index in [2.05, 4.69) is 28.4 Å². The molecule has 0 spiro atoms. The fourth-order valence-corrected chi connectivity index (χ4v) is 2.24. The van der Waals surface area contributed by atoms with Gasteiger partial charge in [-0.15, -0.1) is 0 Å². The number of ether oxygens (including phenoxy) is 1. The molecule has 2 aromatic rings. The number of hydrogen-bond donors (Lipinski definition) is 1. The number of hydrogen-bond acceptors (Lipinski definition) is 5. The highest BCUT2D eigenvalue weighted by Gasteiger charge is 2.15.